The standard InChI is InChI=1S/C22H22N2O5/c1-4-14-6-9-16(10-7-14)24-21(26)17(20(25)23-22(24)27)12-15-8-11-18(29-5-2)19(13-15)28-3/h6-13H,4-5H2,1-3H3,(H,23,25,27). The van der Waals surface area contributed by atoms with Gasteiger partial charge in [-0.15, -0.1) is 0 Å². The van der Waals surface area contributed by atoms with Gasteiger partial charge in [-0.2, -0.15) is 0 Å². The number of anilines is 1. The summed E-state index contributed by atoms with van der Waals surface area (Å²) >= 11 is 0. The number of nitrogens with one attached hydrogen (secondary N) is 1. The van der Waals surface area contributed by atoms with E-state index in [9.17, 15) is 14.4 Å². The third kappa shape index (κ3) is 4.13. The number of imide groups is 2. The Labute approximate surface area is 168 Å². The van der Waals surface area contributed by atoms with E-state index in [2.05, 4.69) is 5.32 Å². The second-order valence-electron chi connectivity index (χ2n) is 6.32. The SMILES string of the molecule is CCOc1ccc(C=C2C(=O)NC(=O)N(c3ccc(CC)cc3)C2=O)cc1OC. The van der Waals surface area contributed by atoms with Gasteiger partial charge in [0.15, 0.2) is 11.5 Å². The fourth-order valence-corrected chi connectivity index (χ4v) is 2.99. The Morgan fingerprint density at radius 1 is 1.00 bits per heavy atom. The Bertz CT molecular complexity index is 979. The fourth-order valence-electron chi connectivity index (χ4n) is 2.99. The lowest BCUT2D eigenvalue weighted by molar-refractivity contribution is -0.122. The van der Waals surface area contributed by atoms with Crippen molar-refractivity contribution in [1.29, 1.82) is 0 Å². The first-order valence-electron chi connectivity index (χ1n) is 9.29. The molecule has 1 saturated heterocycles. The first-order chi connectivity index (χ1) is 14.0. The number of ether oxygens (including phenoxy) is 2. The van der Waals surface area contributed by atoms with Crippen molar-refractivity contribution in [2.45, 2.75) is 20.3 Å². The van der Waals surface area contributed by atoms with Gasteiger partial charge in [-0.3, -0.25) is 14.9 Å². The lowest BCUT2D eigenvalue weighted by atomic mass is 10.1. The van der Waals surface area contributed by atoms with E-state index in [0.717, 1.165) is 16.9 Å². The van der Waals surface area contributed by atoms with Crippen LogP contribution in [0.25, 0.3) is 6.08 Å². The molecule has 0 saturated carbocycles. The van der Waals surface area contributed by atoms with Crippen LogP contribution in [0.4, 0.5) is 10.5 Å². The van der Waals surface area contributed by atoms with Crippen LogP contribution in [-0.4, -0.2) is 31.6 Å². The van der Waals surface area contributed by atoms with Gasteiger partial charge < -0.3 is 9.47 Å². The predicted molar refractivity (Wildman–Crippen MR) is 109 cm³/mol. The van der Waals surface area contributed by atoms with Crippen LogP contribution in [0.5, 0.6) is 11.5 Å². The molecule has 29 heavy (non-hydrogen) atoms. The number of hydrogen-bond acceptors (Lipinski definition) is 5. The summed E-state index contributed by atoms with van der Waals surface area (Å²) < 4.78 is 10.8. The van der Waals surface area contributed by atoms with E-state index in [1.54, 1.807) is 30.3 Å². The van der Waals surface area contributed by atoms with Gasteiger partial charge in [-0.1, -0.05) is 25.1 Å². The number of carbonyl (C=O) groups excluding carboxylic acids is 3. The monoisotopic (exact) mass is 394 g/mol. The third-order valence-electron chi connectivity index (χ3n) is 4.50. The maximum atomic E-state index is 12.9. The van der Waals surface area contributed by atoms with Crippen molar-refractivity contribution in [3.05, 3.63) is 59.2 Å². The summed E-state index contributed by atoms with van der Waals surface area (Å²) in [7, 11) is 1.51. The molecule has 2 aromatic carbocycles. The van der Waals surface area contributed by atoms with Crippen molar-refractivity contribution in [2.75, 3.05) is 18.6 Å². The Hall–Kier alpha value is -3.61. The minimum Gasteiger partial charge on any atom is -0.493 e. The summed E-state index contributed by atoms with van der Waals surface area (Å²) in [5, 5.41) is 2.22. The quantitative estimate of drug-likeness (QED) is 0.600. The molecule has 0 atom stereocenters. The summed E-state index contributed by atoms with van der Waals surface area (Å²) in [5.74, 6) is -0.387. The molecule has 1 fully saturated rings. The number of nitrogens with zero attached hydrogens (tertiary/aromatic N) is 1. The van der Waals surface area contributed by atoms with Crippen LogP contribution in [-0.2, 0) is 16.0 Å². The van der Waals surface area contributed by atoms with Gasteiger partial charge in [0.05, 0.1) is 19.4 Å². The molecule has 150 valence electrons. The Kier molecular flexibility index (Phi) is 5.97. The normalized spacial score (nSPS) is 15.5. The molecule has 7 nitrogen and oxygen atoms in total. The molecule has 2 aromatic rings. The molecule has 1 N–H and O–H groups in total. The minimum atomic E-state index is -0.773. The lowest BCUT2D eigenvalue weighted by Gasteiger charge is -2.26. The topological polar surface area (TPSA) is 84.9 Å². The van der Waals surface area contributed by atoms with Gasteiger partial charge in [0.2, 0.25) is 0 Å². The number of barbiturate groups is 1. The fraction of sp³-hybridized carbons (Fsp3) is 0.227. The van der Waals surface area contributed by atoms with Crippen molar-refractivity contribution >= 4 is 29.6 Å². The van der Waals surface area contributed by atoms with E-state index >= 15 is 0 Å². The van der Waals surface area contributed by atoms with Crippen LogP contribution in [0.2, 0.25) is 0 Å². The number of amides is 4. The highest BCUT2D eigenvalue weighted by molar-refractivity contribution is 6.39. The first kappa shape index (κ1) is 20.1. The molecular formula is C22H22N2O5. The highest BCUT2D eigenvalue weighted by Gasteiger charge is 2.36. The number of urea groups is 1. The van der Waals surface area contributed by atoms with Gasteiger partial charge in [-0.05, 0) is 54.8 Å². The van der Waals surface area contributed by atoms with Crippen molar-refractivity contribution in [3.63, 3.8) is 0 Å². The van der Waals surface area contributed by atoms with Gasteiger partial charge in [0, 0.05) is 0 Å². The second kappa shape index (κ2) is 8.60. The smallest absolute Gasteiger partial charge is 0.335 e. The number of carbonyl (C=O) groups is 3. The molecule has 7 heteroatoms. The minimum absolute atomic E-state index is 0.143. The molecule has 0 aliphatic carbocycles. The van der Waals surface area contributed by atoms with E-state index in [1.165, 1.54) is 13.2 Å². The van der Waals surface area contributed by atoms with E-state index in [4.69, 9.17) is 9.47 Å². The molecular weight excluding hydrogens is 372 g/mol. The molecule has 0 spiro atoms. The van der Waals surface area contributed by atoms with E-state index in [0.29, 0.717) is 29.4 Å². The summed E-state index contributed by atoms with van der Waals surface area (Å²) in [5.41, 5.74) is 1.90. The van der Waals surface area contributed by atoms with Crippen LogP contribution in [0.3, 0.4) is 0 Å². The maximum absolute atomic E-state index is 12.9. The van der Waals surface area contributed by atoms with Crippen molar-refractivity contribution in [1.82, 2.24) is 5.32 Å². The first-order valence-corrected chi connectivity index (χ1v) is 9.29. The summed E-state index contributed by atoms with van der Waals surface area (Å²) in [6.07, 6.45) is 2.26. The number of aryl methyl sites for hydroxylation is 1. The van der Waals surface area contributed by atoms with Gasteiger partial charge in [0.1, 0.15) is 5.57 Å². The van der Waals surface area contributed by atoms with Crippen LogP contribution in [0.15, 0.2) is 48.0 Å². The Balaban J connectivity index is 1.96. The molecule has 1 aliphatic rings. The zero-order valence-corrected chi connectivity index (χ0v) is 16.5. The van der Waals surface area contributed by atoms with Gasteiger partial charge >= 0.3 is 6.03 Å². The molecule has 1 aliphatic heterocycles. The Morgan fingerprint density at radius 3 is 2.34 bits per heavy atom. The summed E-state index contributed by atoms with van der Waals surface area (Å²) in [6.45, 7) is 4.35. The number of benzene rings is 2. The van der Waals surface area contributed by atoms with Crippen LogP contribution in [0.1, 0.15) is 25.0 Å². The van der Waals surface area contributed by atoms with E-state index in [-0.39, 0.29) is 5.57 Å². The molecule has 0 radical (unpaired) electrons. The zero-order valence-electron chi connectivity index (χ0n) is 16.5. The van der Waals surface area contributed by atoms with Gasteiger partial charge in [-0.25, -0.2) is 9.69 Å². The summed E-state index contributed by atoms with van der Waals surface area (Å²) in [6, 6.07) is 11.3. The predicted octanol–water partition coefficient (Wildman–Crippen LogP) is 3.32. The third-order valence-corrected chi connectivity index (χ3v) is 4.50. The Morgan fingerprint density at radius 2 is 1.72 bits per heavy atom. The largest absolute Gasteiger partial charge is 0.493 e. The number of hydrogen-bond donors (Lipinski definition) is 1. The zero-order chi connectivity index (χ0) is 21.0. The molecule has 0 bridgehead atoms. The van der Waals surface area contributed by atoms with Gasteiger partial charge in [0.25, 0.3) is 11.8 Å². The average Bonchev–Trinajstić information content (AvgIpc) is 2.72. The second-order valence-corrected chi connectivity index (χ2v) is 6.32. The average molecular weight is 394 g/mol. The highest BCUT2D eigenvalue weighted by Crippen LogP contribution is 2.30. The molecule has 0 aromatic heterocycles. The maximum Gasteiger partial charge on any atom is 0.335 e. The number of rotatable bonds is 6. The van der Waals surface area contributed by atoms with Crippen molar-refractivity contribution < 1.29 is 23.9 Å². The van der Waals surface area contributed by atoms with E-state index < -0.39 is 17.8 Å². The van der Waals surface area contributed by atoms with Crippen LogP contribution >= 0.6 is 0 Å². The lowest BCUT2D eigenvalue weighted by Crippen LogP contribution is -2.54. The molecule has 0 unspecified atom stereocenters. The van der Waals surface area contributed by atoms with Crippen molar-refractivity contribution in [3.8, 4) is 11.5 Å². The number of methoxy groups -OCH3 is 1. The van der Waals surface area contributed by atoms with E-state index in [1.807, 2.05) is 26.0 Å². The van der Waals surface area contributed by atoms with Crippen LogP contribution < -0.4 is 19.7 Å². The van der Waals surface area contributed by atoms with Crippen molar-refractivity contribution in [2.24, 2.45) is 0 Å². The molecule has 3 rings (SSSR count). The molecule has 4 amide bonds. The highest BCUT2D eigenvalue weighted by atomic mass is 16.5. The van der Waals surface area contributed by atoms with Crippen LogP contribution in [0, 0.1) is 0 Å². The summed E-state index contributed by atoms with van der Waals surface area (Å²) in [4.78, 5) is 38.5. The molecule has 1 heterocycles.